The lowest BCUT2D eigenvalue weighted by Crippen LogP contribution is -2.30. The van der Waals surface area contributed by atoms with E-state index in [-0.39, 0.29) is 11.9 Å². The lowest BCUT2D eigenvalue weighted by atomic mass is 10.0. The van der Waals surface area contributed by atoms with E-state index in [4.69, 9.17) is 0 Å². The van der Waals surface area contributed by atoms with Crippen molar-refractivity contribution in [3.8, 4) is 0 Å². The minimum absolute atomic E-state index is 0.117. The number of nitrogens with one attached hydrogen (secondary N) is 2. The predicted octanol–water partition coefficient (Wildman–Crippen LogP) is 3.31. The van der Waals surface area contributed by atoms with E-state index in [0.717, 1.165) is 35.5 Å². The van der Waals surface area contributed by atoms with E-state index in [0.29, 0.717) is 6.42 Å². The molecule has 5 heteroatoms. The Balaban J connectivity index is 1.61. The third-order valence-electron chi connectivity index (χ3n) is 4.18. The Bertz CT molecular complexity index is 661. The van der Waals surface area contributed by atoms with Crippen molar-refractivity contribution in [2.75, 3.05) is 5.75 Å². The van der Waals surface area contributed by atoms with Crippen molar-refractivity contribution in [2.45, 2.75) is 44.0 Å². The minimum atomic E-state index is 0.117. The van der Waals surface area contributed by atoms with Crippen LogP contribution >= 0.6 is 11.8 Å². The molecule has 0 spiro atoms. The molecule has 22 heavy (non-hydrogen) atoms. The van der Waals surface area contributed by atoms with E-state index in [1.54, 1.807) is 0 Å². The summed E-state index contributed by atoms with van der Waals surface area (Å²) in [7, 11) is 0. The average molecular weight is 315 g/mol. The van der Waals surface area contributed by atoms with Gasteiger partial charge in [0.1, 0.15) is 0 Å². The molecule has 1 aromatic heterocycles. The number of H-pyrrole nitrogens is 1. The molecule has 1 aliphatic heterocycles. The van der Waals surface area contributed by atoms with Gasteiger partial charge in [-0.25, -0.2) is 0 Å². The number of fused-ring (bicyclic) bond motifs is 1. The molecule has 1 atom stereocenters. The number of hydrogen-bond acceptors (Lipinski definition) is 3. The molecule has 1 aliphatic rings. The van der Waals surface area contributed by atoms with Crippen molar-refractivity contribution < 1.29 is 4.79 Å². The molecule has 0 saturated carbocycles. The summed E-state index contributed by atoms with van der Waals surface area (Å²) in [6, 6.07) is 8.51. The Kier molecular flexibility index (Phi) is 4.52. The zero-order chi connectivity index (χ0) is 15.5. The molecular weight excluding hydrogens is 294 g/mol. The molecule has 3 rings (SSSR count). The van der Waals surface area contributed by atoms with E-state index >= 15 is 0 Å². The monoisotopic (exact) mass is 315 g/mol. The maximum absolute atomic E-state index is 12.3. The Hall–Kier alpha value is -1.75. The molecule has 0 saturated heterocycles. The van der Waals surface area contributed by atoms with Crippen LogP contribution in [0.4, 0.5) is 0 Å². The van der Waals surface area contributed by atoms with Gasteiger partial charge < -0.3 is 5.32 Å². The summed E-state index contributed by atoms with van der Waals surface area (Å²) in [6.07, 6.45) is 2.24. The Morgan fingerprint density at radius 2 is 2.23 bits per heavy atom. The molecule has 2 N–H and O–H groups in total. The van der Waals surface area contributed by atoms with Gasteiger partial charge in [-0.1, -0.05) is 18.2 Å². The summed E-state index contributed by atoms with van der Waals surface area (Å²) in [5.41, 5.74) is 4.46. The van der Waals surface area contributed by atoms with Crippen molar-refractivity contribution in [3.63, 3.8) is 0 Å². The van der Waals surface area contributed by atoms with Crippen LogP contribution in [0.2, 0.25) is 0 Å². The highest BCUT2D eigenvalue weighted by atomic mass is 32.2. The topological polar surface area (TPSA) is 57.8 Å². The number of nitrogens with zero attached hydrogens (tertiary/aromatic N) is 1. The molecule has 2 aromatic rings. The number of aryl methyl sites for hydroxylation is 2. The second-order valence-corrected chi connectivity index (χ2v) is 6.84. The van der Waals surface area contributed by atoms with Crippen LogP contribution < -0.4 is 5.32 Å². The summed E-state index contributed by atoms with van der Waals surface area (Å²) >= 11 is 1.87. The standard InChI is InChI=1S/C17H21N3OS/c1-11-13(12(2)20-19-11)7-8-17(21)18-15-9-10-22-16-6-4-3-5-14(15)16/h3-6,15H,7-10H2,1-2H3,(H,18,21)(H,19,20)/t15-/m0/s1. The van der Waals surface area contributed by atoms with Gasteiger partial charge in [0.15, 0.2) is 0 Å². The summed E-state index contributed by atoms with van der Waals surface area (Å²) in [5, 5.41) is 10.3. The highest BCUT2D eigenvalue weighted by molar-refractivity contribution is 7.99. The smallest absolute Gasteiger partial charge is 0.220 e. The SMILES string of the molecule is Cc1n[nH]c(C)c1CCC(=O)N[C@H]1CCSc2ccccc21. The number of amides is 1. The molecule has 1 aromatic carbocycles. The number of rotatable bonds is 4. The van der Waals surface area contributed by atoms with Gasteiger partial charge in [0, 0.05) is 22.8 Å². The van der Waals surface area contributed by atoms with Crippen LogP contribution in [0.3, 0.4) is 0 Å². The molecule has 0 bridgehead atoms. The number of carbonyl (C=O) groups excluding carboxylic acids is 1. The Labute approximate surface area is 135 Å². The first-order valence-electron chi connectivity index (χ1n) is 7.66. The number of aromatic amines is 1. The highest BCUT2D eigenvalue weighted by Gasteiger charge is 2.21. The summed E-state index contributed by atoms with van der Waals surface area (Å²) in [6.45, 7) is 3.98. The van der Waals surface area contributed by atoms with Crippen LogP contribution in [0.1, 0.15) is 41.4 Å². The summed E-state index contributed by atoms with van der Waals surface area (Å²) in [4.78, 5) is 13.6. The van der Waals surface area contributed by atoms with Gasteiger partial charge in [0.05, 0.1) is 11.7 Å². The van der Waals surface area contributed by atoms with Crippen LogP contribution in [0.15, 0.2) is 29.2 Å². The largest absolute Gasteiger partial charge is 0.349 e. The first-order chi connectivity index (χ1) is 10.6. The van der Waals surface area contributed by atoms with Gasteiger partial charge in [0.25, 0.3) is 0 Å². The number of hydrogen-bond donors (Lipinski definition) is 2. The van der Waals surface area contributed by atoms with Gasteiger partial charge >= 0.3 is 0 Å². The first-order valence-corrected chi connectivity index (χ1v) is 8.65. The molecule has 0 radical (unpaired) electrons. The van der Waals surface area contributed by atoms with Crippen LogP contribution in [0.5, 0.6) is 0 Å². The predicted molar refractivity (Wildman–Crippen MR) is 89.0 cm³/mol. The molecule has 116 valence electrons. The number of benzene rings is 1. The Morgan fingerprint density at radius 3 is 3.00 bits per heavy atom. The van der Waals surface area contributed by atoms with Crippen LogP contribution in [0, 0.1) is 13.8 Å². The fourth-order valence-corrected chi connectivity index (χ4v) is 4.06. The molecule has 1 amide bonds. The van der Waals surface area contributed by atoms with E-state index in [1.807, 2.05) is 31.7 Å². The maximum atomic E-state index is 12.3. The Morgan fingerprint density at radius 1 is 1.41 bits per heavy atom. The number of carbonyl (C=O) groups is 1. The quantitative estimate of drug-likeness (QED) is 0.910. The molecule has 4 nitrogen and oxygen atoms in total. The first kappa shape index (κ1) is 15.2. The van der Waals surface area contributed by atoms with Crippen molar-refractivity contribution in [1.82, 2.24) is 15.5 Å². The van der Waals surface area contributed by atoms with E-state index in [1.165, 1.54) is 10.5 Å². The summed E-state index contributed by atoms with van der Waals surface area (Å²) < 4.78 is 0. The third-order valence-corrected chi connectivity index (χ3v) is 5.30. The van der Waals surface area contributed by atoms with Gasteiger partial charge in [-0.3, -0.25) is 9.89 Å². The van der Waals surface area contributed by atoms with Gasteiger partial charge in [-0.15, -0.1) is 11.8 Å². The maximum Gasteiger partial charge on any atom is 0.220 e. The third kappa shape index (κ3) is 3.19. The molecular formula is C17H21N3OS. The van der Waals surface area contributed by atoms with E-state index in [2.05, 4.69) is 33.7 Å². The lowest BCUT2D eigenvalue weighted by molar-refractivity contribution is -0.121. The van der Waals surface area contributed by atoms with E-state index < -0.39 is 0 Å². The van der Waals surface area contributed by atoms with Gasteiger partial charge in [-0.2, -0.15) is 5.10 Å². The van der Waals surface area contributed by atoms with Crippen LogP contribution in [0.25, 0.3) is 0 Å². The molecule has 2 heterocycles. The van der Waals surface area contributed by atoms with Crippen LogP contribution in [-0.2, 0) is 11.2 Å². The van der Waals surface area contributed by atoms with Gasteiger partial charge in [0.2, 0.25) is 5.91 Å². The van der Waals surface area contributed by atoms with Crippen molar-refractivity contribution >= 4 is 17.7 Å². The number of aromatic nitrogens is 2. The van der Waals surface area contributed by atoms with Crippen molar-refractivity contribution in [3.05, 3.63) is 46.8 Å². The average Bonchev–Trinajstić information content (AvgIpc) is 2.84. The normalized spacial score (nSPS) is 17.1. The second kappa shape index (κ2) is 6.57. The van der Waals surface area contributed by atoms with Crippen molar-refractivity contribution in [1.29, 1.82) is 0 Å². The summed E-state index contributed by atoms with van der Waals surface area (Å²) in [5.74, 6) is 1.17. The minimum Gasteiger partial charge on any atom is -0.349 e. The highest BCUT2D eigenvalue weighted by Crippen LogP contribution is 2.35. The van der Waals surface area contributed by atoms with Crippen molar-refractivity contribution in [2.24, 2.45) is 0 Å². The zero-order valence-corrected chi connectivity index (χ0v) is 13.8. The number of thioether (sulfide) groups is 1. The van der Waals surface area contributed by atoms with Crippen LogP contribution in [-0.4, -0.2) is 21.9 Å². The fraction of sp³-hybridized carbons (Fsp3) is 0.412. The molecule has 0 fully saturated rings. The molecule has 0 unspecified atom stereocenters. The van der Waals surface area contributed by atoms with Gasteiger partial charge in [-0.05, 0) is 43.9 Å². The fourth-order valence-electron chi connectivity index (χ4n) is 2.94. The van der Waals surface area contributed by atoms with E-state index in [9.17, 15) is 4.79 Å². The second-order valence-electron chi connectivity index (χ2n) is 5.71. The molecule has 0 aliphatic carbocycles. The zero-order valence-electron chi connectivity index (χ0n) is 13.0. The lowest BCUT2D eigenvalue weighted by Gasteiger charge is -2.25.